The number of anilines is 1. The van der Waals surface area contributed by atoms with E-state index >= 15 is 0 Å². The van der Waals surface area contributed by atoms with E-state index in [1.165, 1.54) is 0 Å². The topological polar surface area (TPSA) is 90.3 Å². The molecule has 0 atom stereocenters. The fourth-order valence-corrected chi connectivity index (χ4v) is 1.88. The summed E-state index contributed by atoms with van der Waals surface area (Å²) in [6.45, 7) is 0.546. The van der Waals surface area contributed by atoms with Gasteiger partial charge < -0.3 is 10.3 Å². The Kier molecular flexibility index (Phi) is 2.79. The molecule has 92 valence electrons. The van der Waals surface area contributed by atoms with Gasteiger partial charge in [0.2, 0.25) is 0 Å². The SMILES string of the molecule is N#Cc1nnc2ccccc2c1NCc1cnc[nH]1. The molecule has 0 amide bonds. The molecular weight excluding hydrogens is 240 g/mol. The van der Waals surface area contributed by atoms with Gasteiger partial charge in [-0.15, -0.1) is 10.2 Å². The third-order valence-electron chi connectivity index (χ3n) is 2.78. The quantitative estimate of drug-likeness (QED) is 0.740. The van der Waals surface area contributed by atoms with Gasteiger partial charge in [-0.05, 0) is 6.07 Å². The lowest BCUT2D eigenvalue weighted by molar-refractivity contribution is 1.02. The molecule has 0 saturated heterocycles. The molecule has 3 aromatic rings. The Morgan fingerprint density at radius 1 is 1.26 bits per heavy atom. The van der Waals surface area contributed by atoms with Gasteiger partial charge in [-0.1, -0.05) is 18.2 Å². The Balaban J connectivity index is 2.02. The number of nitriles is 1. The van der Waals surface area contributed by atoms with E-state index < -0.39 is 0 Å². The molecule has 2 N–H and O–H groups in total. The number of aromatic amines is 1. The first-order valence-electron chi connectivity index (χ1n) is 5.75. The minimum atomic E-state index is 0.290. The average Bonchev–Trinajstić information content (AvgIpc) is 2.97. The van der Waals surface area contributed by atoms with Gasteiger partial charge in [-0.2, -0.15) is 5.26 Å². The summed E-state index contributed by atoms with van der Waals surface area (Å²) in [6.07, 6.45) is 3.35. The Hall–Kier alpha value is -2.94. The number of aromatic nitrogens is 4. The number of rotatable bonds is 3. The number of hydrogen-bond donors (Lipinski definition) is 2. The highest BCUT2D eigenvalue weighted by atomic mass is 15.1. The molecule has 0 radical (unpaired) electrons. The number of nitrogens with zero attached hydrogens (tertiary/aromatic N) is 4. The normalized spacial score (nSPS) is 10.3. The maximum Gasteiger partial charge on any atom is 0.186 e. The number of imidazole rings is 1. The number of nitrogens with one attached hydrogen (secondary N) is 2. The van der Waals surface area contributed by atoms with Gasteiger partial charge >= 0.3 is 0 Å². The van der Waals surface area contributed by atoms with E-state index in [0.29, 0.717) is 17.9 Å². The lowest BCUT2D eigenvalue weighted by Crippen LogP contribution is -2.04. The highest BCUT2D eigenvalue weighted by Crippen LogP contribution is 2.24. The average molecular weight is 250 g/mol. The van der Waals surface area contributed by atoms with Crippen molar-refractivity contribution in [3.63, 3.8) is 0 Å². The molecule has 0 spiro atoms. The summed E-state index contributed by atoms with van der Waals surface area (Å²) in [5.41, 5.74) is 2.68. The zero-order valence-corrected chi connectivity index (χ0v) is 9.96. The minimum Gasteiger partial charge on any atom is -0.376 e. The summed E-state index contributed by atoms with van der Waals surface area (Å²) in [4.78, 5) is 6.95. The molecule has 2 aromatic heterocycles. The maximum absolute atomic E-state index is 9.12. The predicted octanol–water partition coefficient (Wildman–Crippen LogP) is 1.84. The smallest absolute Gasteiger partial charge is 0.186 e. The minimum absolute atomic E-state index is 0.290. The first-order valence-corrected chi connectivity index (χ1v) is 5.75. The van der Waals surface area contributed by atoms with E-state index in [1.807, 2.05) is 24.3 Å². The van der Waals surface area contributed by atoms with Crippen LogP contribution >= 0.6 is 0 Å². The van der Waals surface area contributed by atoms with Gasteiger partial charge in [0.25, 0.3) is 0 Å². The molecule has 19 heavy (non-hydrogen) atoms. The van der Waals surface area contributed by atoms with Crippen LogP contribution in [0.2, 0.25) is 0 Å². The van der Waals surface area contributed by atoms with Crippen LogP contribution in [0.15, 0.2) is 36.8 Å². The van der Waals surface area contributed by atoms with Crippen molar-refractivity contribution in [2.75, 3.05) is 5.32 Å². The Morgan fingerprint density at radius 3 is 2.95 bits per heavy atom. The molecule has 0 bridgehead atoms. The van der Waals surface area contributed by atoms with Crippen molar-refractivity contribution < 1.29 is 0 Å². The second-order valence-electron chi connectivity index (χ2n) is 3.98. The van der Waals surface area contributed by atoms with E-state index in [2.05, 4.69) is 31.6 Å². The highest BCUT2D eigenvalue weighted by molar-refractivity contribution is 5.92. The first kappa shape index (κ1) is 11.2. The summed E-state index contributed by atoms with van der Waals surface area (Å²) in [5.74, 6) is 0. The van der Waals surface area contributed by atoms with Crippen LogP contribution in [0.4, 0.5) is 5.69 Å². The third kappa shape index (κ3) is 2.09. The van der Waals surface area contributed by atoms with Crippen LogP contribution in [0, 0.1) is 11.3 Å². The molecule has 0 unspecified atom stereocenters. The van der Waals surface area contributed by atoms with Gasteiger partial charge in [0.1, 0.15) is 6.07 Å². The molecular formula is C13H10N6. The summed E-state index contributed by atoms with van der Waals surface area (Å²) >= 11 is 0. The first-order chi connectivity index (χ1) is 9.38. The standard InChI is InChI=1S/C13H10N6/c14-5-12-13(16-7-9-6-15-8-17-9)10-3-1-2-4-11(10)18-19-12/h1-4,6,8H,7H2,(H,15,17)(H,16,18). The molecule has 6 heteroatoms. The molecule has 3 rings (SSSR count). The van der Waals surface area contributed by atoms with Crippen molar-refractivity contribution in [1.82, 2.24) is 20.2 Å². The lowest BCUT2D eigenvalue weighted by Gasteiger charge is -2.09. The largest absolute Gasteiger partial charge is 0.376 e. The van der Waals surface area contributed by atoms with Crippen LogP contribution in [0.25, 0.3) is 10.9 Å². The van der Waals surface area contributed by atoms with Crippen molar-refractivity contribution in [1.29, 1.82) is 5.26 Å². The van der Waals surface area contributed by atoms with Crippen LogP contribution in [-0.2, 0) is 6.54 Å². The summed E-state index contributed by atoms with van der Waals surface area (Å²) in [6, 6.07) is 9.64. The molecule has 0 saturated carbocycles. The number of H-pyrrole nitrogens is 1. The van der Waals surface area contributed by atoms with Gasteiger partial charge in [0, 0.05) is 11.6 Å². The number of fused-ring (bicyclic) bond motifs is 1. The Morgan fingerprint density at radius 2 is 2.16 bits per heavy atom. The van der Waals surface area contributed by atoms with Crippen LogP contribution in [0.5, 0.6) is 0 Å². The van der Waals surface area contributed by atoms with Crippen molar-refractivity contribution in [3.8, 4) is 6.07 Å². The molecule has 0 aliphatic heterocycles. The van der Waals surface area contributed by atoms with Gasteiger partial charge in [-0.3, -0.25) is 0 Å². The summed E-state index contributed by atoms with van der Waals surface area (Å²) < 4.78 is 0. The number of hydrogen-bond acceptors (Lipinski definition) is 5. The summed E-state index contributed by atoms with van der Waals surface area (Å²) in [7, 11) is 0. The molecule has 6 nitrogen and oxygen atoms in total. The fourth-order valence-electron chi connectivity index (χ4n) is 1.88. The van der Waals surface area contributed by atoms with Gasteiger partial charge in [-0.25, -0.2) is 4.98 Å². The molecule has 0 aliphatic rings. The monoisotopic (exact) mass is 250 g/mol. The second-order valence-corrected chi connectivity index (χ2v) is 3.98. The van der Waals surface area contributed by atoms with E-state index in [0.717, 1.165) is 16.6 Å². The van der Waals surface area contributed by atoms with E-state index in [9.17, 15) is 0 Å². The van der Waals surface area contributed by atoms with E-state index in [-0.39, 0.29) is 0 Å². The van der Waals surface area contributed by atoms with Crippen LogP contribution in [-0.4, -0.2) is 20.2 Å². The van der Waals surface area contributed by atoms with E-state index in [1.54, 1.807) is 12.5 Å². The lowest BCUT2D eigenvalue weighted by atomic mass is 10.1. The maximum atomic E-state index is 9.12. The zero-order chi connectivity index (χ0) is 13.1. The highest BCUT2D eigenvalue weighted by Gasteiger charge is 2.09. The molecule has 0 fully saturated rings. The van der Waals surface area contributed by atoms with Crippen molar-refractivity contribution in [2.45, 2.75) is 6.54 Å². The molecule has 0 aliphatic carbocycles. The summed E-state index contributed by atoms with van der Waals surface area (Å²) in [5, 5.41) is 21.2. The predicted molar refractivity (Wildman–Crippen MR) is 70.2 cm³/mol. The third-order valence-corrected chi connectivity index (χ3v) is 2.78. The Bertz CT molecular complexity index is 741. The second kappa shape index (κ2) is 4.74. The van der Waals surface area contributed by atoms with Crippen molar-refractivity contribution >= 4 is 16.6 Å². The molecule has 1 aromatic carbocycles. The Labute approximate surface area is 109 Å². The van der Waals surface area contributed by atoms with E-state index in [4.69, 9.17) is 5.26 Å². The van der Waals surface area contributed by atoms with Crippen molar-refractivity contribution in [3.05, 3.63) is 48.2 Å². The van der Waals surface area contributed by atoms with Gasteiger partial charge in [0.15, 0.2) is 5.69 Å². The molecule has 2 heterocycles. The van der Waals surface area contributed by atoms with Crippen molar-refractivity contribution in [2.24, 2.45) is 0 Å². The fraction of sp³-hybridized carbons (Fsp3) is 0.0769. The van der Waals surface area contributed by atoms with Crippen LogP contribution < -0.4 is 5.32 Å². The zero-order valence-electron chi connectivity index (χ0n) is 9.96. The van der Waals surface area contributed by atoms with Crippen LogP contribution in [0.3, 0.4) is 0 Å². The van der Waals surface area contributed by atoms with Gasteiger partial charge in [0.05, 0.1) is 29.8 Å². The van der Waals surface area contributed by atoms with Crippen LogP contribution in [0.1, 0.15) is 11.4 Å². The number of benzene rings is 1.